The molecule has 0 fully saturated rings. The molecule has 2 rings (SSSR count). The highest BCUT2D eigenvalue weighted by Crippen LogP contribution is 2.30. The summed E-state index contributed by atoms with van der Waals surface area (Å²) in [5.41, 5.74) is 2.19. The van der Waals surface area contributed by atoms with Crippen LogP contribution in [0.1, 0.15) is 40.2 Å². The van der Waals surface area contributed by atoms with Gasteiger partial charge >= 0.3 is 6.09 Å². The van der Waals surface area contributed by atoms with Crippen LogP contribution >= 0.6 is 11.6 Å². The fourth-order valence-corrected chi connectivity index (χ4v) is 2.49. The number of carbonyl (C=O) groups excluding carboxylic acids is 1. The number of ether oxygens (including phenoxy) is 1. The van der Waals surface area contributed by atoms with Gasteiger partial charge in [0, 0.05) is 16.3 Å². The molecule has 0 aromatic heterocycles. The second-order valence-electron chi connectivity index (χ2n) is 6.80. The Balaban J connectivity index is 2.46. The molecule has 1 aromatic rings. The summed E-state index contributed by atoms with van der Waals surface area (Å²) in [6, 6.07) is 9.57. The van der Waals surface area contributed by atoms with Gasteiger partial charge in [-0.3, -0.25) is 0 Å². The SMILES string of the molecule is C=C(N=C1/C(=C(\C)Cl)C=C(C)N1C(=O)OC(C)(C)C)c1ccccc1. The lowest BCUT2D eigenvalue weighted by Gasteiger charge is -2.25. The van der Waals surface area contributed by atoms with E-state index in [1.165, 1.54) is 4.90 Å². The summed E-state index contributed by atoms with van der Waals surface area (Å²) in [5.74, 6) is 0.424. The maximum atomic E-state index is 12.7. The molecule has 1 aliphatic heterocycles. The molecule has 25 heavy (non-hydrogen) atoms. The highest BCUT2D eigenvalue weighted by molar-refractivity contribution is 6.33. The second kappa shape index (κ2) is 7.28. The first-order valence-electron chi connectivity index (χ1n) is 8.01. The Morgan fingerprint density at radius 3 is 2.36 bits per heavy atom. The van der Waals surface area contributed by atoms with Crippen LogP contribution in [0.4, 0.5) is 4.79 Å². The number of hydrogen-bond donors (Lipinski definition) is 0. The van der Waals surface area contributed by atoms with E-state index in [1.54, 1.807) is 6.92 Å². The summed E-state index contributed by atoms with van der Waals surface area (Å²) in [7, 11) is 0. The predicted octanol–water partition coefficient (Wildman–Crippen LogP) is 5.72. The molecule has 0 unspecified atom stereocenters. The number of carbonyl (C=O) groups is 1. The van der Waals surface area contributed by atoms with E-state index in [-0.39, 0.29) is 0 Å². The zero-order chi connectivity index (χ0) is 18.8. The van der Waals surface area contributed by atoms with Gasteiger partial charge in [0.05, 0.1) is 5.70 Å². The molecule has 4 nitrogen and oxygen atoms in total. The highest BCUT2D eigenvalue weighted by atomic mass is 35.5. The molecule has 1 amide bonds. The standard InChI is InChI=1S/C20H23ClN2O2/c1-13-12-17(14(2)21)18(23(13)19(24)25-20(4,5)6)22-15(3)16-10-8-7-9-11-16/h7-12H,3H2,1-2,4-6H3/b17-14+,22-18?. The van der Waals surface area contributed by atoms with Gasteiger partial charge in [0.15, 0.2) is 5.84 Å². The van der Waals surface area contributed by atoms with Crippen molar-refractivity contribution in [1.29, 1.82) is 0 Å². The lowest BCUT2D eigenvalue weighted by molar-refractivity contribution is 0.0416. The summed E-state index contributed by atoms with van der Waals surface area (Å²) in [4.78, 5) is 18.7. The molecular weight excluding hydrogens is 336 g/mol. The third-order valence-electron chi connectivity index (χ3n) is 3.45. The fourth-order valence-electron chi connectivity index (χ4n) is 2.35. The van der Waals surface area contributed by atoms with Gasteiger partial charge in [-0.1, -0.05) is 48.5 Å². The van der Waals surface area contributed by atoms with Crippen molar-refractivity contribution in [2.24, 2.45) is 4.99 Å². The molecule has 0 aliphatic carbocycles. The number of rotatable bonds is 2. The van der Waals surface area contributed by atoms with Crippen LogP contribution in [-0.2, 0) is 4.74 Å². The number of aliphatic imine (C=N–C) groups is 1. The number of amidine groups is 1. The van der Waals surface area contributed by atoms with Gasteiger partial charge in [0.25, 0.3) is 0 Å². The summed E-state index contributed by atoms with van der Waals surface area (Å²) in [6.07, 6.45) is 1.33. The molecule has 1 aromatic carbocycles. The van der Waals surface area contributed by atoms with Crippen LogP contribution in [0, 0.1) is 0 Å². The van der Waals surface area contributed by atoms with Crippen LogP contribution in [0.2, 0.25) is 0 Å². The number of amides is 1. The quantitative estimate of drug-likeness (QED) is 0.678. The first-order valence-corrected chi connectivity index (χ1v) is 8.39. The van der Waals surface area contributed by atoms with Crippen molar-refractivity contribution < 1.29 is 9.53 Å². The molecule has 0 bridgehead atoms. The van der Waals surface area contributed by atoms with Crippen molar-refractivity contribution in [3.63, 3.8) is 0 Å². The molecular formula is C20H23ClN2O2. The average Bonchev–Trinajstić information content (AvgIpc) is 2.83. The van der Waals surface area contributed by atoms with Gasteiger partial charge in [0.2, 0.25) is 0 Å². The highest BCUT2D eigenvalue weighted by Gasteiger charge is 2.33. The van der Waals surface area contributed by atoms with E-state index in [0.717, 1.165) is 5.56 Å². The summed E-state index contributed by atoms with van der Waals surface area (Å²) >= 11 is 6.22. The normalized spacial score (nSPS) is 18.2. The second-order valence-corrected chi connectivity index (χ2v) is 7.36. The lowest BCUT2D eigenvalue weighted by atomic mass is 10.2. The zero-order valence-electron chi connectivity index (χ0n) is 15.3. The van der Waals surface area contributed by atoms with Crippen molar-refractivity contribution >= 4 is 29.2 Å². The lowest BCUT2D eigenvalue weighted by Crippen LogP contribution is -2.37. The average molecular weight is 359 g/mol. The molecule has 0 saturated heterocycles. The van der Waals surface area contributed by atoms with Crippen molar-refractivity contribution in [3.05, 3.63) is 64.9 Å². The number of benzene rings is 1. The third kappa shape index (κ3) is 4.60. The minimum Gasteiger partial charge on any atom is -0.443 e. The first-order chi connectivity index (χ1) is 11.6. The molecule has 1 aliphatic rings. The number of hydrogen-bond acceptors (Lipinski definition) is 3. The summed E-state index contributed by atoms with van der Waals surface area (Å²) < 4.78 is 5.51. The largest absolute Gasteiger partial charge is 0.443 e. The Labute approximate surface area is 154 Å². The van der Waals surface area contributed by atoms with E-state index in [4.69, 9.17) is 16.3 Å². The van der Waals surface area contributed by atoms with E-state index >= 15 is 0 Å². The van der Waals surface area contributed by atoms with Crippen molar-refractivity contribution in [2.75, 3.05) is 0 Å². The Hall–Kier alpha value is -2.33. The van der Waals surface area contributed by atoms with Crippen molar-refractivity contribution in [3.8, 4) is 0 Å². The number of halogens is 1. The van der Waals surface area contributed by atoms with Gasteiger partial charge in [0.1, 0.15) is 5.60 Å². The zero-order valence-corrected chi connectivity index (χ0v) is 16.0. The maximum Gasteiger partial charge on any atom is 0.420 e. The Morgan fingerprint density at radius 2 is 1.84 bits per heavy atom. The van der Waals surface area contributed by atoms with E-state index in [0.29, 0.717) is 27.8 Å². The van der Waals surface area contributed by atoms with Gasteiger partial charge in [-0.05, 0) is 46.3 Å². The topological polar surface area (TPSA) is 41.9 Å². The predicted molar refractivity (Wildman–Crippen MR) is 103 cm³/mol. The summed E-state index contributed by atoms with van der Waals surface area (Å²) in [5, 5.41) is 0.546. The molecule has 0 saturated carbocycles. The Morgan fingerprint density at radius 1 is 1.24 bits per heavy atom. The number of allylic oxidation sites excluding steroid dienone is 2. The van der Waals surface area contributed by atoms with Crippen LogP contribution in [0.15, 0.2) is 64.3 Å². The molecule has 0 atom stereocenters. The van der Waals surface area contributed by atoms with E-state index in [1.807, 2.05) is 64.1 Å². The maximum absolute atomic E-state index is 12.7. The van der Waals surface area contributed by atoms with Gasteiger partial charge < -0.3 is 4.74 Å². The van der Waals surface area contributed by atoms with Crippen molar-refractivity contribution in [2.45, 2.75) is 40.2 Å². The molecule has 0 spiro atoms. The Kier molecular flexibility index (Phi) is 5.53. The minimum atomic E-state index is -0.610. The summed E-state index contributed by atoms with van der Waals surface area (Å²) in [6.45, 7) is 13.1. The molecule has 132 valence electrons. The van der Waals surface area contributed by atoms with Crippen LogP contribution in [0.5, 0.6) is 0 Å². The van der Waals surface area contributed by atoms with Gasteiger partial charge in [-0.2, -0.15) is 0 Å². The van der Waals surface area contributed by atoms with Crippen molar-refractivity contribution in [1.82, 2.24) is 4.90 Å². The Bertz CT molecular complexity index is 780. The van der Waals surface area contributed by atoms with E-state index in [9.17, 15) is 4.79 Å². The smallest absolute Gasteiger partial charge is 0.420 e. The van der Waals surface area contributed by atoms with Gasteiger partial charge in [-0.15, -0.1) is 0 Å². The molecule has 0 N–H and O–H groups in total. The monoisotopic (exact) mass is 358 g/mol. The van der Waals surface area contributed by atoms with E-state index < -0.39 is 11.7 Å². The minimum absolute atomic E-state index is 0.424. The number of nitrogens with zero attached hydrogens (tertiary/aromatic N) is 2. The van der Waals surface area contributed by atoms with Gasteiger partial charge in [-0.25, -0.2) is 14.7 Å². The molecule has 0 radical (unpaired) electrons. The molecule has 1 heterocycles. The first kappa shape index (κ1) is 19.0. The fraction of sp³-hybridized carbons (Fsp3) is 0.300. The third-order valence-corrected chi connectivity index (χ3v) is 3.66. The van der Waals surface area contributed by atoms with Crippen LogP contribution in [-0.4, -0.2) is 22.4 Å². The molecule has 5 heteroatoms. The van der Waals surface area contributed by atoms with Crippen LogP contribution < -0.4 is 0 Å². The van der Waals surface area contributed by atoms with Crippen LogP contribution in [0.3, 0.4) is 0 Å². The van der Waals surface area contributed by atoms with Crippen LogP contribution in [0.25, 0.3) is 5.70 Å². The van der Waals surface area contributed by atoms with E-state index in [2.05, 4.69) is 11.6 Å².